The molecule has 9 heteroatoms. The fourth-order valence-corrected chi connectivity index (χ4v) is 6.91. The Morgan fingerprint density at radius 3 is 2.41 bits per heavy atom. The van der Waals surface area contributed by atoms with Crippen LogP contribution < -0.4 is 4.31 Å². The Hall–Kier alpha value is -3.01. The molecular weight excluding hydrogens is 501 g/mol. The van der Waals surface area contributed by atoms with E-state index in [2.05, 4.69) is 15.9 Å². The molecule has 3 aromatic carbocycles. The summed E-state index contributed by atoms with van der Waals surface area (Å²) in [5.74, 6) is -1.65. The van der Waals surface area contributed by atoms with E-state index in [9.17, 15) is 22.7 Å². The quantitative estimate of drug-likeness (QED) is 0.529. The number of esters is 1. The van der Waals surface area contributed by atoms with Gasteiger partial charge in [-0.3, -0.25) is 0 Å². The summed E-state index contributed by atoms with van der Waals surface area (Å²) < 4.78 is 49.5. The van der Waals surface area contributed by atoms with Gasteiger partial charge in [0.05, 0.1) is 5.69 Å². The number of nitrogens with zero attached hydrogens (tertiary/aromatic N) is 1. The normalized spacial score (nSPS) is 22.1. The highest BCUT2D eigenvalue weighted by Crippen LogP contribution is 2.58. The van der Waals surface area contributed by atoms with Gasteiger partial charge in [-0.05, 0) is 45.8 Å². The first-order valence-corrected chi connectivity index (χ1v) is 11.8. The first kappa shape index (κ1) is 20.9. The van der Waals surface area contributed by atoms with E-state index in [1.165, 1.54) is 24.3 Å². The van der Waals surface area contributed by atoms with Crippen LogP contribution in [0.3, 0.4) is 0 Å². The molecule has 0 amide bonds. The number of benzene rings is 3. The van der Waals surface area contributed by atoms with Gasteiger partial charge in [-0.25, -0.2) is 21.9 Å². The van der Waals surface area contributed by atoms with Gasteiger partial charge in [-0.15, -0.1) is 0 Å². The van der Waals surface area contributed by atoms with Crippen LogP contribution in [0.25, 0.3) is 5.57 Å². The van der Waals surface area contributed by atoms with Crippen molar-refractivity contribution in [2.24, 2.45) is 0 Å². The highest BCUT2D eigenvalue weighted by Gasteiger charge is 2.64. The van der Waals surface area contributed by atoms with Gasteiger partial charge in [0.25, 0.3) is 15.7 Å². The number of halogens is 2. The molecule has 6 nitrogen and oxygen atoms in total. The van der Waals surface area contributed by atoms with Crippen molar-refractivity contribution in [3.63, 3.8) is 0 Å². The molecule has 3 aromatic rings. The predicted molar refractivity (Wildman–Crippen MR) is 118 cm³/mol. The van der Waals surface area contributed by atoms with Crippen molar-refractivity contribution >= 4 is 43.2 Å². The number of sulfonamides is 1. The number of aliphatic hydroxyl groups is 1. The van der Waals surface area contributed by atoms with Crippen molar-refractivity contribution in [2.75, 3.05) is 4.31 Å². The number of carbonyl (C=O) groups excluding carboxylic acids is 1. The van der Waals surface area contributed by atoms with E-state index in [0.29, 0.717) is 5.56 Å². The fourth-order valence-electron chi connectivity index (χ4n) is 4.24. The lowest BCUT2D eigenvalue weighted by atomic mass is 9.91. The van der Waals surface area contributed by atoms with E-state index < -0.39 is 33.6 Å². The standard InChI is InChI=1S/C23H15BrFNO5S/c24-16-9-4-5-12-19(16)32(29,30)26-18-11-6-10-17(25)21(18)22(28)23(26)15(13-20(27)31-23)14-7-2-1-3-8-14/h1-13,22,28H/t22-,23-/m0/s1. The van der Waals surface area contributed by atoms with Crippen LogP contribution >= 0.6 is 15.9 Å². The SMILES string of the molecule is O=C1C=C(c2ccccc2)[C@]2(O1)[C@@H](O)c1c(F)cccc1N2S(=O)(=O)c1ccccc1Br. The summed E-state index contributed by atoms with van der Waals surface area (Å²) in [7, 11) is -4.45. The maximum absolute atomic E-state index is 14.9. The lowest BCUT2D eigenvalue weighted by Gasteiger charge is -2.38. The monoisotopic (exact) mass is 515 g/mol. The summed E-state index contributed by atoms with van der Waals surface area (Å²) in [5, 5.41) is 11.3. The largest absolute Gasteiger partial charge is 0.427 e. The third kappa shape index (κ3) is 2.78. The van der Waals surface area contributed by atoms with E-state index >= 15 is 0 Å². The number of hydrogen-bond acceptors (Lipinski definition) is 5. The maximum Gasteiger partial charge on any atom is 0.333 e. The molecule has 0 bridgehead atoms. The second kappa shape index (κ2) is 7.26. The van der Waals surface area contributed by atoms with E-state index in [1.54, 1.807) is 42.5 Å². The minimum atomic E-state index is -4.45. The van der Waals surface area contributed by atoms with E-state index in [1.807, 2.05) is 0 Å². The molecule has 2 heterocycles. The highest BCUT2D eigenvalue weighted by molar-refractivity contribution is 9.10. The average molecular weight is 516 g/mol. The minimum Gasteiger partial charge on any atom is -0.427 e. The van der Waals surface area contributed by atoms with Crippen molar-refractivity contribution < 1.29 is 27.4 Å². The third-order valence-electron chi connectivity index (χ3n) is 5.54. The van der Waals surface area contributed by atoms with Crippen LogP contribution in [0.4, 0.5) is 10.1 Å². The minimum absolute atomic E-state index is 0.107. The van der Waals surface area contributed by atoms with E-state index in [-0.39, 0.29) is 26.2 Å². The Morgan fingerprint density at radius 2 is 1.69 bits per heavy atom. The van der Waals surface area contributed by atoms with Crippen LogP contribution in [0.2, 0.25) is 0 Å². The van der Waals surface area contributed by atoms with Gasteiger partial charge in [0.15, 0.2) is 0 Å². The molecule has 32 heavy (non-hydrogen) atoms. The van der Waals surface area contributed by atoms with Gasteiger partial charge in [0.1, 0.15) is 16.8 Å². The lowest BCUT2D eigenvalue weighted by molar-refractivity contribution is -0.151. The number of rotatable bonds is 3. The molecule has 0 saturated heterocycles. The topological polar surface area (TPSA) is 83.9 Å². The van der Waals surface area contributed by atoms with Crippen LogP contribution in [0.5, 0.6) is 0 Å². The fraction of sp³-hybridized carbons (Fsp3) is 0.0870. The molecular formula is C23H15BrFNO5S. The number of carbonyl (C=O) groups is 1. The second-order valence-corrected chi connectivity index (χ2v) is 9.93. The molecule has 5 rings (SSSR count). The number of fused-ring (bicyclic) bond motifs is 1. The van der Waals surface area contributed by atoms with Gasteiger partial charge >= 0.3 is 5.97 Å². The Morgan fingerprint density at radius 1 is 1.00 bits per heavy atom. The molecule has 0 aliphatic carbocycles. The Balaban J connectivity index is 1.85. The molecule has 0 aromatic heterocycles. The summed E-state index contributed by atoms with van der Waals surface area (Å²) in [6.45, 7) is 0. The molecule has 1 spiro atoms. The summed E-state index contributed by atoms with van der Waals surface area (Å²) >= 11 is 3.25. The zero-order valence-corrected chi connectivity index (χ0v) is 18.7. The van der Waals surface area contributed by atoms with Gasteiger partial charge in [-0.1, -0.05) is 48.5 Å². The molecule has 1 N–H and O–H groups in total. The van der Waals surface area contributed by atoms with Crippen LogP contribution in [0.1, 0.15) is 17.2 Å². The Kier molecular flexibility index (Phi) is 4.74. The van der Waals surface area contributed by atoms with Crippen LogP contribution in [0.15, 0.2) is 88.2 Å². The molecule has 0 fully saturated rings. The number of hydrogen-bond donors (Lipinski definition) is 1. The zero-order valence-electron chi connectivity index (χ0n) is 16.3. The van der Waals surface area contributed by atoms with Crippen molar-refractivity contribution in [1.82, 2.24) is 0 Å². The van der Waals surface area contributed by atoms with Crippen LogP contribution in [0, 0.1) is 5.82 Å². The summed E-state index contributed by atoms with van der Waals surface area (Å²) in [4.78, 5) is 12.4. The molecule has 2 aliphatic rings. The zero-order chi connectivity index (χ0) is 22.7. The molecule has 2 atom stereocenters. The van der Waals surface area contributed by atoms with Crippen molar-refractivity contribution in [3.8, 4) is 0 Å². The van der Waals surface area contributed by atoms with Crippen molar-refractivity contribution in [1.29, 1.82) is 0 Å². The Bertz CT molecular complexity index is 1390. The maximum atomic E-state index is 14.9. The lowest BCUT2D eigenvalue weighted by Crippen LogP contribution is -2.53. The second-order valence-electron chi connectivity index (χ2n) is 7.32. The highest BCUT2D eigenvalue weighted by atomic mass is 79.9. The van der Waals surface area contributed by atoms with Gasteiger partial charge in [0, 0.05) is 21.7 Å². The van der Waals surface area contributed by atoms with Gasteiger partial charge in [-0.2, -0.15) is 0 Å². The Labute approximate surface area is 191 Å². The average Bonchev–Trinajstić information content (AvgIpc) is 3.24. The number of aliphatic hydroxyl groups excluding tert-OH is 1. The summed E-state index contributed by atoms with van der Waals surface area (Å²) in [6.07, 6.45) is -0.667. The molecule has 0 saturated carbocycles. The molecule has 0 radical (unpaired) electrons. The molecule has 162 valence electrons. The van der Waals surface area contributed by atoms with Crippen LogP contribution in [-0.2, 0) is 19.6 Å². The smallest absolute Gasteiger partial charge is 0.333 e. The van der Waals surface area contributed by atoms with E-state index in [4.69, 9.17) is 4.74 Å². The first-order valence-electron chi connectivity index (χ1n) is 9.55. The summed E-state index contributed by atoms with van der Waals surface area (Å²) in [5.41, 5.74) is -2.01. The van der Waals surface area contributed by atoms with Crippen molar-refractivity contribution in [3.05, 3.63) is 100 Å². The third-order valence-corrected chi connectivity index (χ3v) is 8.35. The first-order chi connectivity index (χ1) is 15.3. The van der Waals surface area contributed by atoms with Gasteiger partial charge in [0.2, 0.25) is 0 Å². The van der Waals surface area contributed by atoms with Crippen LogP contribution in [-0.4, -0.2) is 25.2 Å². The van der Waals surface area contributed by atoms with Gasteiger partial charge < -0.3 is 9.84 Å². The number of anilines is 1. The molecule has 2 aliphatic heterocycles. The molecule has 0 unspecified atom stereocenters. The van der Waals surface area contributed by atoms with E-state index in [0.717, 1.165) is 16.4 Å². The summed E-state index contributed by atoms with van der Waals surface area (Å²) in [6, 6.07) is 18.4. The predicted octanol–water partition coefficient (Wildman–Crippen LogP) is 4.17. The number of ether oxygens (including phenoxy) is 1. The van der Waals surface area contributed by atoms with Crippen molar-refractivity contribution in [2.45, 2.75) is 16.7 Å².